The van der Waals surface area contributed by atoms with Gasteiger partial charge in [0.05, 0.1) is 24.0 Å². The van der Waals surface area contributed by atoms with Crippen molar-refractivity contribution < 1.29 is 9.47 Å². The van der Waals surface area contributed by atoms with Crippen LogP contribution in [0.15, 0.2) is 55.1 Å². The third-order valence-electron chi connectivity index (χ3n) is 3.45. The lowest BCUT2D eigenvalue weighted by atomic mass is 10.1. The Kier molecular flexibility index (Phi) is 4.69. The third-order valence-corrected chi connectivity index (χ3v) is 3.75. The molecule has 120 valence electrons. The Labute approximate surface area is 144 Å². The van der Waals surface area contributed by atoms with Crippen LogP contribution in [0.3, 0.4) is 0 Å². The van der Waals surface area contributed by atoms with Gasteiger partial charge in [0, 0.05) is 25.0 Å². The number of nitriles is 1. The van der Waals surface area contributed by atoms with E-state index < -0.39 is 0 Å². The number of imidazole rings is 1. The van der Waals surface area contributed by atoms with E-state index in [0.717, 1.165) is 5.56 Å². The molecule has 0 amide bonds. The van der Waals surface area contributed by atoms with Gasteiger partial charge in [0.2, 0.25) is 0 Å². The minimum Gasteiger partial charge on any atom is -0.497 e. The predicted molar refractivity (Wildman–Crippen MR) is 90.6 cm³/mol. The fourth-order valence-corrected chi connectivity index (χ4v) is 2.45. The Balaban J connectivity index is 1.90. The summed E-state index contributed by atoms with van der Waals surface area (Å²) in [6, 6.07) is 12.7. The SMILES string of the molecule is COc1ccc(Oc2cc(Cn3ccnc3)ccc2C#N)c(Cl)c1. The van der Waals surface area contributed by atoms with Crippen LogP contribution >= 0.6 is 11.6 Å². The van der Waals surface area contributed by atoms with E-state index in [9.17, 15) is 5.26 Å². The molecule has 0 bridgehead atoms. The lowest BCUT2D eigenvalue weighted by Gasteiger charge is -2.12. The molecule has 0 atom stereocenters. The summed E-state index contributed by atoms with van der Waals surface area (Å²) in [6.45, 7) is 0.637. The second-order valence-corrected chi connectivity index (χ2v) is 5.48. The highest BCUT2D eigenvalue weighted by Gasteiger charge is 2.10. The molecule has 1 heterocycles. The molecule has 0 radical (unpaired) electrons. The van der Waals surface area contributed by atoms with Crippen LogP contribution in [0.2, 0.25) is 5.02 Å². The monoisotopic (exact) mass is 339 g/mol. The zero-order valence-corrected chi connectivity index (χ0v) is 13.7. The van der Waals surface area contributed by atoms with E-state index in [-0.39, 0.29) is 0 Å². The molecule has 0 N–H and O–H groups in total. The fourth-order valence-electron chi connectivity index (χ4n) is 2.24. The molecule has 3 aromatic rings. The van der Waals surface area contributed by atoms with Gasteiger partial charge in [0.15, 0.2) is 0 Å². The maximum atomic E-state index is 9.30. The molecule has 0 saturated heterocycles. The number of nitrogens with zero attached hydrogens (tertiary/aromatic N) is 3. The van der Waals surface area contributed by atoms with Crippen molar-refractivity contribution >= 4 is 11.6 Å². The molecule has 1 aromatic heterocycles. The Hall–Kier alpha value is -2.97. The van der Waals surface area contributed by atoms with Gasteiger partial charge in [0.25, 0.3) is 0 Å². The average molecular weight is 340 g/mol. The molecule has 0 aliphatic carbocycles. The maximum Gasteiger partial charge on any atom is 0.146 e. The van der Waals surface area contributed by atoms with Crippen LogP contribution in [-0.2, 0) is 6.54 Å². The van der Waals surface area contributed by atoms with Gasteiger partial charge in [-0.25, -0.2) is 4.98 Å². The van der Waals surface area contributed by atoms with Crippen molar-refractivity contribution in [3.05, 3.63) is 71.3 Å². The van der Waals surface area contributed by atoms with Crippen LogP contribution in [0.1, 0.15) is 11.1 Å². The average Bonchev–Trinajstić information content (AvgIpc) is 3.10. The molecule has 0 aliphatic heterocycles. The van der Waals surface area contributed by atoms with E-state index in [1.165, 1.54) is 0 Å². The van der Waals surface area contributed by atoms with E-state index in [2.05, 4.69) is 11.1 Å². The smallest absolute Gasteiger partial charge is 0.146 e. The molecule has 0 spiro atoms. The number of hydrogen-bond donors (Lipinski definition) is 0. The van der Waals surface area contributed by atoms with Gasteiger partial charge in [-0.05, 0) is 29.8 Å². The lowest BCUT2D eigenvalue weighted by molar-refractivity contribution is 0.413. The maximum absolute atomic E-state index is 9.30. The zero-order chi connectivity index (χ0) is 16.9. The number of hydrogen-bond acceptors (Lipinski definition) is 4. The van der Waals surface area contributed by atoms with Crippen molar-refractivity contribution in [1.29, 1.82) is 5.26 Å². The summed E-state index contributed by atoms with van der Waals surface area (Å²) in [5.74, 6) is 1.57. The summed E-state index contributed by atoms with van der Waals surface area (Å²) in [4.78, 5) is 4.02. The summed E-state index contributed by atoms with van der Waals surface area (Å²) < 4.78 is 12.9. The van der Waals surface area contributed by atoms with Crippen LogP contribution < -0.4 is 9.47 Å². The van der Waals surface area contributed by atoms with Gasteiger partial charge in [-0.15, -0.1) is 0 Å². The number of ether oxygens (including phenoxy) is 2. The molecule has 5 nitrogen and oxygen atoms in total. The topological polar surface area (TPSA) is 60.1 Å². The fraction of sp³-hybridized carbons (Fsp3) is 0.111. The molecule has 0 unspecified atom stereocenters. The molecule has 0 saturated carbocycles. The summed E-state index contributed by atoms with van der Waals surface area (Å²) in [7, 11) is 1.57. The van der Waals surface area contributed by atoms with Crippen LogP contribution in [0.4, 0.5) is 0 Å². The Morgan fingerprint density at radius 2 is 2.08 bits per heavy atom. The molecule has 0 fully saturated rings. The van der Waals surface area contributed by atoms with Gasteiger partial charge in [-0.1, -0.05) is 17.7 Å². The second kappa shape index (κ2) is 7.07. The van der Waals surface area contributed by atoms with Crippen LogP contribution in [0.5, 0.6) is 17.2 Å². The van der Waals surface area contributed by atoms with Crippen LogP contribution in [-0.4, -0.2) is 16.7 Å². The van der Waals surface area contributed by atoms with E-state index in [4.69, 9.17) is 21.1 Å². The molecule has 2 aromatic carbocycles. The highest BCUT2D eigenvalue weighted by molar-refractivity contribution is 6.32. The van der Waals surface area contributed by atoms with Gasteiger partial charge < -0.3 is 14.0 Å². The van der Waals surface area contributed by atoms with Crippen molar-refractivity contribution in [3.63, 3.8) is 0 Å². The molecule has 0 aliphatic rings. The Morgan fingerprint density at radius 3 is 2.75 bits per heavy atom. The first-order chi connectivity index (χ1) is 11.7. The van der Waals surface area contributed by atoms with Crippen LogP contribution in [0.25, 0.3) is 0 Å². The minimum atomic E-state index is 0.415. The normalized spacial score (nSPS) is 10.2. The van der Waals surface area contributed by atoms with E-state index in [0.29, 0.717) is 34.4 Å². The highest BCUT2D eigenvalue weighted by Crippen LogP contribution is 2.34. The summed E-state index contributed by atoms with van der Waals surface area (Å²) >= 11 is 6.21. The van der Waals surface area contributed by atoms with E-state index >= 15 is 0 Å². The zero-order valence-electron chi connectivity index (χ0n) is 12.9. The first kappa shape index (κ1) is 15.9. The van der Waals surface area contributed by atoms with E-state index in [1.54, 1.807) is 43.9 Å². The highest BCUT2D eigenvalue weighted by atomic mass is 35.5. The summed E-state index contributed by atoms with van der Waals surface area (Å²) in [5.41, 5.74) is 1.43. The number of aromatic nitrogens is 2. The largest absolute Gasteiger partial charge is 0.497 e. The predicted octanol–water partition coefficient (Wildman–Crippen LogP) is 4.26. The van der Waals surface area contributed by atoms with Gasteiger partial charge in [-0.3, -0.25) is 0 Å². The first-order valence-corrected chi connectivity index (χ1v) is 7.57. The van der Waals surface area contributed by atoms with Crippen molar-refractivity contribution in [1.82, 2.24) is 9.55 Å². The molecule has 24 heavy (non-hydrogen) atoms. The summed E-state index contributed by atoms with van der Waals surface area (Å²) in [5, 5.41) is 9.71. The lowest BCUT2D eigenvalue weighted by Crippen LogP contribution is -1.98. The van der Waals surface area contributed by atoms with E-state index in [1.807, 2.05) is 22.9 Å². The van der Waals surface area contributed by atoms with Gasteiger partial charge >= 0.3 is 0 Å². The van der Waals surface area contributed by atoms with Crippen molar-refractivity contribution in [2.24, 2.45) is 0 Å². The summed E-state index contributed by atoms with van der Waals surface area (Å²) in [6.07, 6.45) is 5.33. The number of halogens is 1. The van der Waals surface area contributed by atoms with Gasteiger partial charge in [-0.2, -0.15) is 5.26 Å². The first-order valence-electron chi connectivity index (χ1n) is 7.20. The van der Waals surface area contributed by atoms with Crippen molar-refractivity contribution in [2.45, 2.75) is 6.54 Å². The quantitative estimate of drug-likeness (QED) is 0.697. The minimum absolute atomic E-state index is 0.415. The number of rotatable bonds is 5. The Morgan fingerprint density at radius 1 is 1.21 bits per heavy atom. The number of methoxy groups -OCH3 is 1. The van der Waals surface area contributed by atoms with Crippen molar-refractivity contribution in [3.8, 4) is 23.3 Å². The number of benzene rings is 2. The Bertz CT molecular complexity index is 886. The molecular weight excluding hydrogens is 326 g/mol. The molecule has 3 rings (SSSR count). The third kappa shape index (κ3) is 3.50. The van der Waals surface area contributed by atoms with Gasteiger partial charge in [0.1, 0.15) is 23.3 Å². The second-order valence-electron chi connectivity index (χ2n) is 5.08. The van der Waals surface area contributed by atoms with Crippen LogP contribution in [0, 0.1) is 11.3 Å². The molecule has 6 heteroatoms. The molecular formula is C18H14ClN3O2. The van der Waals surface area contributed by atoms with Crippen molar-refractivity contribution in [2.75, 3.05) is 7.11 Å². The standard InChI is InChI=1S/C18H14ClN3O2/c1-23-15-4-5-17(16(19)9-15)24-18-8-13(2-3-14(18)10-20)11-22-7-6-21-12-22/h2-9,12H,11H2,1H3.